The molecule has 1 aliphatic carbocycles. The molecule has 1 amide bonds. The highest BCUT2D eigenvalue weighted by molar-refractivity contribution is 5.77. The number of hydrogen-bond acceptors (Lipinski definition) is 5. The molecule has 184 valence electrons. The number of benzene rings is 2. The van der Waals surface area contributed by atoms with E-state index in [2.05, 4.69) is 14.3 Å². The zero-order valence-electron chi connectivity index (χ0n) is 19.3. The summed E-state index contributed by atoms with van der Waals surface area (Å²) in [5.41, 5.74) is 2.14. The second-order valence-corrected chi connectivity index (χ2v) is 9.06. The van der Waals surface area contributed by atoms with Gasteiger partial charge in [-0.15, -0.1) is 13.2 Å². The fourth-order valence-corrected chi connectivity index (χ4v) is 4.51. The summed E-state index contributed by atoms with van der Waals surface area (Å²) in [5, 5.41) is 0. The van der Waals surface area contributed by atoms with Gasteiger partial charge in [-0.3, -0.25) is 0 Å². The summed E-state index contributed by atoms with van der Waals surface area (Å²) in [7, 11) is 1.38. The number of fused-ring (bicyclic) bond motifs is 1. The van der Waals surface area contributed by atoms with E-state index in [1.165, 1.54) is 25.3 Å². The average Bonchev–Trinajstić information content (AvgIpc) is 3.44. The second kappa shape index (κ2) is 8.51. The zero-order valence-corrected chi connectivity index (χ0v) is 19.3. The highest BCUT2D eigenvalue weighted by Crippen LogP contribution is 2.49. The van der Waals surface area contributed by atoms with E-state index in [1.807, 2.05) is 19.2 Å². The number of imidazole rings is 1. The van der Waals surface area contributed by atoms with Gasteiger partial charge in [0.1, 0.15) is 23.1 Å². The Labute approximate surface area is 200 Å². The number of carbonyl (C=O) groups excluding carboxylic acids is 1. The number of rotatable bonds is 7. The number of carbonyl (C=O) groups is 1. The van der Waals surface area contributed by atoms with E-state index >= 15 is 0 Å². The minimum atomic E-state index is -4.79. The number of halogens is 3. The molecular formula is C25H24F3N3O4. The van der Waals surface area contributed by atoms with Gasteiger partial charge in [0, 0.05) is 48.1 Å². The van der Waals surface area contributed by atoms with Crippen LogP contribution in [0.15, 0.2) is 48.8 Å². The van der Waals surface area contributed by atoms with Gasteiger partial charge in [0.05, 0.1) is 13.7 Å². The summed E-state index contributed by atoms with van der Waals surface area (Å²) < 4.78 is 54.8. The molecule has 0 N–H and O–H groups in total. The first kappa shape index (κ1) is 23.1. The van der Waals surface area contributed by atoms with Crippen LogP contribution in [0.5, 0.6) is 17.2 Å². The normalized spacial score (nSPS) is 16.5. The van der Waals surface area contributed by atoms with Crippen LogP contribution in [0.3, 0.4) is 0 Å². The Morgan fingerprint density at radius 1 is 1.14 bits per heavy atom. The van der Waals surface area contributed by atoms with Crippen molar-refractivity contribution < 1.29 is 32.2 Å². The largest absolute Gasteiger partial charge is 0.573 e. The number of ether oxygens (including phenoxy) is 3. The maximum Gasteiger partial charge on any atom is 0.573 e. The molecule has 2 aliphatic rings. The van der Waals surface area contributed by atoms with Crippen LogP contribution in [0.4, 0.5) is 18.0 Å². The number of aryl methyl sites for hydroxylation is 1. The highest BCUT2D eigenvalue weighted by Gasteiger charge is 2.46. The van der Waals surface area contributed by atoms with Crippen molar-refractivity contribution in [2.45, 2.75) is 39.2 Å². The summed E-state index contributed by atoms with van der Waals surface area (Å²) in [6, 6.07) is 9.27. The van der Waals surface area contributed by atoms with E-state index in [9.17, 15) is 18.0 Å². The smallest absolute Gasteiger partial charge is 0.496 e. The van der Waals surface area contributed by atoms with Crippen molar-refractivity contribution in [1.29, 1.82) is 0 Å². The lowest BCUT2D eigenvalue weighted by Gasteiger charge is -2.31. The van der Waals surface area contributed by atoms with Crippen LogP contribution >= 0.6 is 0 Å². The first-order chi connectivity index (χ1) is 16.6. The standard InChI is InChI=1S/C25H24F3N3O4/c1-16-29-9-10-30(16)14-24(7-8-24)15-31-13-18-11-17(3-6-21(18)34-23(31)32)20-5-4-19(12-22(20)33-2)35-25(26,27)28/h3-6,9-12H,7-8,13-15H2,1-2H3. The van der Waals surface area contributed by atoms with Crippen molar-refractivity contribution in [3.63, 3.8) is 0 Å². The molecule has 7 nitrogen and oxygen atoms in total. The Morgan fingerprint density at radius 2 is 1.94 bits per heavy atom. The van der Waals surface area contributed by atoms with Crippen molar-refractivity contribution >= 4 is 6.09 Å². The molecule has 0 saturated heterocycles. The molecule has 1 aromatic heterocycles. The average molecular weight is 487 g/mol. The van der Waals surface area contributed by atoms with Crippen LogP contribution in [-0.2, 0) is 13.1 Å². The van der Waals surface area contributed by atoms with Gasteiger partial charge >= 0.3 is 12.5 Å². The molecule has 2 aromatic carbocycles. The van der Waals surface area contributed by atoms with E-state index in [0.29, 0.717) is 24.4 Å². The van der Waals surface area contributed by atoms with Gasteiger partial charge in [0.15, 0.2) is 0 Å². The molecular weight excluding hydrogens is 463 g/mol. The molecule has 2 heterocycles. The zero-order chi connectivity index (χ0) is 24.8. The number of amides is 1. The third-order valence-electron chi connectivity index (χ3n) is 6.51. The second-order valence-electron chi connectivity index (χ2n) is 9.06. The summed E-state index contributed by atoms with van der Waals surface area (Å²) in [4.78, 5) is 18.7. The van der Waals surface area contributed by atoms with Crippen LogP contribution < -0.4 is 14.2 Å². The van der Waals surface area contributed by atoms with Crippen LogP contribution in [0.2, 0.25) is 0 Å². The Kier molecular flexibility index (Phi) is 5.61. The van der Waals surface area contributed by atoms with Crippen molar-refractivity contribution in [3.05, 3.63) is 60.2 Å². The molecule has 3 aromatic rings. The molecule has 0 bridgehead atoms. The summed E-state index contributed by atoms with van der Waals surface area (Å²) in [5.74, 6) is 1.29. The van der Waals surface area contributed by atoms with E-state index in [1.54, 1.807) is 23.2 Å². The maximum atomic E-state index is 12.7. The first-order valence-electron chi connectivity index (χ1n) is 11.2. The third-order valence-corrected chi connectivity index (χ3v) is 6.51. The predicted molar refractivity (Wildman–Crippen MR) is 120 cm³/mol. The molecule has 1 fully saturated rings. The Hall–Kier alpha value is -3.69. The van der Waals surface area contributed by atoms with Crippen molar-refractivity contribution in [3.8, 4) is 28.4 Å². The highest BCUT2D eigenvalue weighted by atomic mass is 19.4. The molecule has 0 radical (unpaired) electrons. The minimum absolute atomic E-state index is 0.00285. The van der Waals surface area contributed by atoms with Crippen LogP contribution in [0.25, 0.3) is 11.1 Å². The minimum Gasteiger partial charge on any atom is -0.496 e. The molecule has 1 aliphatic heterocycles. The van der Waals surface area contributed by atoms with E-state index in [0.717, 1.165) is 36.3 Å². The lowest BCUT2D eigenvalue weighted by Crippen LogP contribution is -2.41. The van der Waals surface area contributed by atoms with Crippen molar-refractivity contribution in [2.75, 3.05) is 13.7 Å². The topological polar surface area (TPSA) is 65.8 Å². The lowest BCUT2D eigenvalue weighted by atomic mass is 9.99. The van der Waals surface area contributed by atoms with Crippen molar-refractivity contribution in [1.82, 2.24) is 14.5 Å². The van der Waals surface area contributed by atoms with E-state index in [4.69, 9.17) is 9.47 Å². The van der Waals surface area contributed by atoms with Gasteiger partial charge < -0.3 is 23.7 Å². The summed E-state index contributed by atoms with van der Waals surface area (Å²) in [6.45, 7) is 3.70. The predicted octanol–water partition coefficient (Wildman–Crippen LogP) is 5.56. The van der Waals surface area contributed by atoms with Gasteiger partial charge in [-0.1, -0.05) is 6.07 Å². The lowest BCUT2D eigenvalue weighted by molar-refractivity contribution is -0.274. The third kappa shape index (κ3) is 4.91. The molecule has 1 saturated carbocycles. The van der Waals surface area contributed by atoms with E-state index < -0.39 is 6.36 Å². The van der Waals surface area contributed by atoms with Gasteiger partial charge in [-0.05, 0) is 49.6 Å². The molecule has 0 atom stereocenters. The first-order valence-corrected chi connectivity index (χ1v) is 11.2. The fourth-order valence-electron chi connectivity index (χ4n) is 4.51. The Balaban J connectivity index is 1.36. The number of nitrogens with zero attached hydrogens (tertiary/aromatic N) is 3. The number of methoxy groups -OCH3 is 1. The number of aromatic nitrogens is 2. The number of alkyl halides is 3. The van der Waals surface area contributed by atoms with Gasteiger partial charge in [0.25, 0.3) is 0 Å². The SMILES string of the molecule is COc1cc(OC(F)(F)F)ccc1-c1ccc2c(c1)CN(CC1(Cn3ccnc3C)CC1)C(=O)O2. The fraction of sp³-hybridized carbons (Fsp3) is 0.360. The molecule has 10 heteroatoms. The quantitative estimate of drug-likeness (QED) is 0.437. The van der Waals surface area contributed by atoms with E-state index in [-0.39, 0.29) is 23.0 Å². The van der Waals surface area contributed by atoms with Gasteiger partial charge in [0.2, 0.25) is 0 Å². The van der Waals surface area contributed by atoms with Gasteiger partial charge in [-0.2, -0.15) is 0 Å². The monoisotopic (exact) mass is 487 g/mol. The van der Waals surface area contributed by atoms with Crippen LogP contribution in [0, 0.1) is 12.3 Å². The van der Waals surface area contributed by atoms with Crippen molar-refractivity contribution in [2.24, 2.45) is 5.41 Å². The molecule has 0 unspecified atom stereocenters. The Morgan fingerprint density at radius 3 is 2.60 bits per heavy atom. The Bertz CT molecular complexity index is 1270. The molecule has 35 heavy (non-hydrogen) atoms. The summed E-state index contributed by atoms with van der Waals surface area (Å²) in [6.07, 6.45) is 0.583. The van der Waals surface area contributed by atoms with Gasteiger partial charge in [-0.25, -0.2) is 9.78 Å². The maximum absolute atomic E-state index is 12.7. The van der Waals surface area contributed by atoms with Crippen LogP contribution in [-0.4, -0.2) is 40.6 Å². The number of hydrogen-bond donors (Lipinski definition) is 0. The molecule has 0 spiro atoms. The summed E-state index contributed by atoms with van der Waals surface area (Å²) >= 11 is 0. The molecule has 5 rings (SSSR count). The van der Waals surface area contributed by atoms with Crippen LogP contribution in [0.1, 0.15) is 24.2 Å².